The van der Waals surface area contributed by atoms with Gasteiger partial charge in [0.1, 0.15) is 0 Å². The Morgan fingerprint density at radius 3 is 3.12 bits per heavy atom. The Hall–Kier alpha value is -1.07. The van der Waals surface area contributed by atoms with Crippen molar-refractivity contribution in [1.82, 2.24) is 9.78 Å². The van der Waals surface area contributed by atoms with E-state index in [0.29, 0.717) is 19.3 Å². The summed E-state index contributed by atoms with van der Waals surface area (Å²) in [5, 5.41) is 16.2. The van der Waals surface area contributed by atoms with Crippen LogP contribution in [0.5, 0.6) is 0 Å². The third-order valence-electron chi connectivity index (χ3n) is 2.80. The van der Waals surface area contributed by atoms with Crippen LogP contribution in [0.25, 0.3) is 0 Å². The fourth-order valence-corrected chi connectivity index (χ4v) is 1.62. The Balaban J connectivity index is 1.70. The zero-order chi connectivity index (χ0) is 11.4. The average Bonchev–Trinajstić information content (AvgIpc) is 2.78. The van der Waals surface area contributed by atoms with Gasteiger partial charge in [-0.3, -0.25) is 4.68 Å². The smallest absolute Gasteiger partial charge is 0.0728 e. The molecule has 0 amide bonds. The molecule has 1 fully saturated rings. The third-order valence-corrected chi connectivity index (χ3v) is 2.80. The van der Waals surface area contributed by atoms with Crippen LogP contribution in [0.2, 0.25) is 0 Å². The summed E-state index contributed by atoms with van der Waals surface area (Å²) in [5.74, 6) is 0.788. The van der Waals surface area contributed by atoms with E-state index >= 15 is 0 Å². The molecule has 0 radical (unpaired) electrons. The summed E-state index contributed by atoms with van der Waals surface area (Å²) in [7, 11) is 0. The second-order valence-electron chi connectivity index (χ2n) is 4.29. The number of ether oxygens (including phenoxy) is 1. The van der Waals surface area contributed by atoms with Crippen LogP contribution in [0.1, 0.15) is 13.3 Å². The molecule has 1 aliphatic carbocycles. The van der Waals surface area contributed by atoms with Crippen molar-refractivity contribution in [1.29, 1.82) is 0 Å². The molecule has 1 heterocycles. The van der Waals surface area contributed by atoms with Gasteiger partial charge < -0.3 is 15.2 Å². The summed E-state index contributed by atoms with van der Waals surface area (Å²) in [6, 6.07) is 0.628. The fourth-order valence-electron chi connectivity index (χ4n) is 1.62. The highest BCUT2D eigenvalue weighted by Gasteiger charge is 2.32. The van der Waals surface area contributed by atoms with Crippen molar-refractivity contribution in [2.45, 2.75) is 25.9 Å². The van der Waals surface area contributed by atoms with E-state index in [1.807, 2.05) is 17.1 Å². The molecule has 1 saturated carbocycles. The Bertz CT molecular complexity index is 327. The van der Waals surface area contributed by atoms with E-state index in [1.165, 1.54) is 6.42 Å². The Morgan fingerprint density at radius 2 is 2.44 bits per heavy atom. The van der Waals surface area contributed by atoms with Gasteiger partial charge in [-0.1, -0.05) is 6.92 Å². The molecule has 0 aliphatic heterocycles. The maximum absolute atomic E-state index is 8.54. The lowest BCUT2D eigenvalue weighted by atomic mass is 10.4. The fraction of sp³-hybridized carbons (Fsp3) is 0.727. The van der Waals surface area contributed by atoms with Gasteiger partial charge >= 0.3 is 0 Å². The first-order valence-corrected chi connectivity index (χ1v) is 5.77. The first-order chi connectivity index (χ1) is 7.79. The van der Waals surface area contributed by atoms with Crippen molar-refractivity contribution in [2.24, 2.45) is 5.92 Å². The molecule has 5 nitrogen and oxygen atoms in total. The molecule has 0 spiro atoms. The van der Waals surface area contributed by atoms with Crippen molar-refractivity contribution >= 4 is 5.69 Å². The first-order valence-electron chi connectivity index (χ1n) is 5.77. The van der Waals surface area contributed by atoms with E-state index in [9.17, 15) is 0 Å². The van der Waals surface area contributed by atoms with Gasteiger partial charge in [0.25, 0.3) is 0 Å². The minimum atomic E-state index is 0.0749. The quantitative estimate of drug-likeness (QED) is 0.671. The highest BCUT2D eigenvalue weighted by Crippen LogP contribution is 2.32. The van der Waals surface area contributed by atoms with Gasteiger partial charge in [0, 0.05) is 12.2 Å². The number of anilines is 1. The van der Waals surface area contributed by atoms with E-state index in [1.54, 1.807) is 0 Å². The van der Waals surface area contributed by atoms with Gasteiger partial charge in [-0.05, 0) is 12.3 Å². The largest absolute Gasteiger partial charge is 0.394 e. The van der Waals surface area contributed by atoms with Crippen LogP contribution in [0.3, 0.4) is 0 Å². The van der Waals surface area contributed by atoms with Crippen LogP contribution in [-0.4, -0.2) is 40.7 Å². The number of nitrogens with one attached hydrogen (secondary N) is 1. The van der Waals surface area contributed by atoms with Gasteiger partial charge in [-0.25, -0.2) is 0 Å². The molecule has 2 rings (SSSR count). The third kappa shape index (κ3) is 3.21. The van der Waals surface area contributed by atoms with Crippen LogP contribution in [0, 0.1) is 5.92 Å². The minimum Gasteiger partial charge on any atom is -0.394 e. The molecule has 1 aliphatic rings. The van der Waals surface area contributed by atoms with E-state index in [-0.39, 0.29) is 6.61 Å². The SMILES string of the molecule is CC1CC1Nc1cnn(CCOCCO)c1. The summed E-state index contributed by atoms with van der Waals surface area (Å²) in [5.41, 5.74) is 1.08. The van der Waals surface area contributed by atoms with Crippen LogP contribution >= 0.6 is 0 Å². The highest BCUT2D eigenvalue weighted by atomic mass is 16.5. The Labute approximate surface area is 95.4 Å². The first kappa shape index (κ1) is 11.4. The molecule has 90 valence electrons. The molecule has 0 saturated heterocycles. The number of aliphatic hydroxyl groups excluding tert-OH is 1. The average molecular weight is 225 g/mol. The van der Waals surface area contributed by atoms with Gasteiger partial charge in [-0.15, -0.1) is 0 Å². The molecule has 5 heteroatoms. The molecule has 2 N–H and O–H groups in total. The monoisotopic (exact) mass is 225 g/mol. The number of aliphatic hydroxyl groups is 1. The Morgan fingerprint density at radius 1 is 1.62 bits per heavy atom. The maximum Gasteiger partial charge on any atom is 0.0728 e. The van der Waals surface area contributed by atoms with Crippen molar-refractivity contribution in [3.8, 4) is 0 Å². The van der Waals surface area contributed by atoms with Crippen molar-refractivity contribution in [3.63, 3.8) is 0 Å². The molecule has 2 atom stereocenters. The summed E-state index contributed by atoms with van der Waals surface area (Å²) in [6.07, 6.45) is 5.09. The summed E-state index contributed by atoms with van der Waals surface area (Å²) in [4.78, 5) is 0. The highest BCUT2D eigenvalue weighted by molar-refractivity contribution is 5.41. The standard InChI is InChI=1S/C11H19N3O2/c1-9-6-11(9)13-10-7-12-14(8-10)2-4-16-5-3-15/h7-9,11,13,15H,2-6H2,1H3. The molecular weight excluding hydrogens is 206 g/mol. The van der Waals surface area contributed by atoms with E-state index < -0.39 is 0 Å². The van der Waals surface area contributed by atoms with Gasteiger partial charge in [0.2, 0.25) is 0 Å². The van der Waals surface area contributed by atoms with Crippen molar-refractivity contribution in [2.75, 3.05) is 25.1 Å². The molecule has 2 unspecified atom stereocenters. The second kappa shape index (κ2) is 5.32. The lowest BCUT2D eigenvalue weighted by Gasteiger charge is -2.02. The summed E-state index contributed by atoms with van der Waals surface area (Å²) >= 11 is 0. The lowest BCUT2D eigenvalue weighted by molar-refractivity contribution is 0.0854. The molecule has 1 aromatic heterocycles. The molecular formula is C11H19N3O2. The normalized spacial score (nSPS) is 23.4. The zero-order valence-corrected chi connectivity index (χ0v) is 9.59. The minimum absolute atomic E-state index is 0.0749. The molecule has 1 aromatic rings. The van der Waals surface area contributed by atoms with Gasteiger partial charge in [0.05, 0.1) is 38.2 Å². The van der Waals surface area contributed by atoms with Gasteiger partial charge in [-0.2, -0.15) is 5.10 Å². The van der Waals surface area contributed by atoms with E-state index in [0.717, 1.165) is 18.2 Å². The van der Waals surface area contributed by atoms with Crippen LogP contribution < -0.4 is 5.32 Å². The zero-order valence-electron chi connectivity index (χ0n) is 9.59. The van der Waals surface area contributed by atoms with Crippen LogP contribution in [0.4, 0.5) is 5.69 Å². The summed E-state index contributed by atoms with van der Waals surface area (Å²) in [6.45, 7) is 4.02. The van der Waals surface area contributed by atoms with Crippen molar-refractivity contribution in [3.05, 3.63) is 12.4 Å². The summed E-state index contributed by atoms with van der Waals surface area (Å²) < 4.78 is 7.03. The van der Waals surface area contributed by atoms with Gasteiger partial charge in [0.15, 0.2) is 0 Å². The molecule has 16 heavy (non-hydrogen) atoms. The predicted octanol–water partition coefficient (Wildman–Crippen LogP) is 0.712. The number of rotatable bonds is 7. The second-order valence-corrected chi connectivity index (χ2v) is 4.29. The molecule has 0 bridgehead atoms. The Kier molecular flexibility index (Phi) is 3.79. The van der Waals surface area contributed by atoms with E-state index in [2.05, 4.69) is 17.3 Å². The maximum atomic E-state index is 8.54. The number of nitrogens with zero attached hydrogens (tertiary/aromatic N) is 2. The predicted molar refractivity (Wildman–Crippen MR) is 61.3 cm³/mol. The topological polar surface area (TPSA) is 59.3 Å². The van der Waals surface area contributed by atoms with Crippen LogP contribution in [-0.2, 0) is 11.3 Å². The molecule has 0 aromatic carbocycles. The van der Waals surface area contributed by atoms with Crippen molar-refractivity contribution < 1.29 is 9.84 Å². The lowest BCUT2D eigenvalue weighted by Crippen LogP contribution is -2.08. The number of hydrogen-bond acceptors (Lipinski definition) is 4. The van der Waals surface area contributed by atoms with Crippen LogP contribution in [0.15, 0.2) is 12.4 Å². The number of aromatic nitrogens is 2. The van der Waals surface area contributed by atoms with E-state index in [4.69, 9.17) is 9.84 Å². The number of hydrogen-bond donors (Lipinski definition) is 2.